The van der Waals surface area contributed by atoms with Gasteiger partial charge < -0.3 is 18.6 Å². The number of nitrogens with zero attached hydrogens (tertiary/aromatic N) is 1. The predicted molar refractivity (Wildman–Crippen MR) is 101 cm³/mol. The number of carbonyl (C=O) groups is 2. The van der Waals surface area contributed by atoms with Crippen molar-refractivity contribution in [1.29, 1.82) is 0 Å². The zero-order valence-corrected chi connectivity index (χ0v) is 18.7. The molecule has 7 nitrogen and oxygen atoms in total. The Hall–Kier alpha value is -1.12. The van der Waals surface area contributed by atoms with Gasteiger partial charge in [0, 0.05) is 0 Å². The van der Waals surface area contributed by atoms with Gasteiger partial charge >= 0.3 is 12.1 Å². The molecule has 0 N–H and O–H groups in total. The maximum absolute atomic E-state index is 12.6. The molecule has 8 heteroatoms. The lowest BCUT2D eigenvalue weighted by Gasteiger charge is -2.38. The van der Waals surface area contributed by atoms with E-state index >= 15 is 0 Å². The summed E-state index contributed by atoms with van der Waals surface area (Å²) in [4.78, 5) is 25.8. The van der Waals surface area contributed by atoms with E-state index in [2.05, 4.69) is 33.9 Å². The molecule has 1 aliphatic heterocycles. The normalized spacial score (nSPS) is 21.7. The van der Waals surface area contributed by atoms with Gasteiger partial charge in [0.2, 0.25) is 0 Å². The van der Waals surface area contributed by atoms with Crippen LogP contribution in [0.2, 0.25) is 18.1 Å². The molecule has 1 saturated heterocycles. The van der Waals surface area contributed by atoms with Crippen molar-refractivity contribution in [2.45, 2.75) is 83.8 Å². The van der Waals surface area contributed by atoms with E-state index < -0.39 is 32.2 Å². The van der Waals surface area contributed by atoms with Crippen molar-refractivity contribution in [2.75, 3.05) is 20.4 Å². The smallest absolute Gasteiger partial charge is 0.412 e. The third-order valence-corrected chi connectivity index (χ3v) is 9.40. The predicted octanol–water partition coefficient (Wildman–Crippen LogP) is 3.53. The molecule has 0 aromatic heterocycles. The van der Waals surface area contributed by atoms with E-state index in [0.29, 0.717) is 6.61 Å². The molecule has 0 saturated carbocycles. The number of esters is 1. The summed E-state index contributed by atoms with van der Waals surface area (Å²) in [5, 5.41) is 0.0427. The van der Waals surface area contributed by atoms with Crippen molar-refractivity contribution in [3.05, 3.63) is 0 Å². The molecule has 1 aliphatic rings. The molecule has 1 heterocycles. The Morgan fingerprint density at radius 1 is 1.15 bits per heavy atom. The third kappa shape index (κ3) is 6.24. The monoisotopic (exact) mass is 389 g/mol. The average molecular weight is 390 g/mol. The van der Waals surface area contributed by atoms with Crippen LogP contribution >= 0.6 is 0 Å². The Bertz CT molecular complexity index is 509. The highest BCUT2D eigenvalue weighted by atomic mass is 28.4. The molecule has 26 heavy (non-hydrogen) atoms. The fraction of sp³-hybridized carbons (Fsp3) is 0.889. The number of carbonyl (C=O) groups excluding carboxylic acids is 2. The highest BCUT2D eigenvalue weighted by molar-refractivity contribution is 6.74. The van der Waals surface area contributed by atoms with Crippen molar-refractivity contribution < 1.29 is 28.2 Å². The summed E-state index contributed by atoms with van der Waals surface area (Å²) < 4.78 is 22.2. The van der Waals surface area contributed by atoms with Gasteiger partial charge in [-0.3, -0.25) is 9.69 Å². The number of ether oxygens (including phenoxy) is 3. The van der Waals surface area contributed by atoms with E-state index in [1.54, 1.807) is 0 Å². The molecule has 1 amide bonds. The first kappa shape index (κ1) is 22.9. The molecule has 0 aromatic rings. The molecule has 2 atom stereocenters. The van der Waals surface area contributed by atoms with Crippen LogP contribution in [0.5, 0.6) is 0 Å². The van der Waals surface area contributed by atoms with Crippen LogP contribution in [0.25, 0.3) is 0 Å². The lowest BCUT2D eigenvalue weighted by atomic mass is 10.1. The second-order valence-corrected chi connectivity index (χ2v) is 14.0. The van der Waals surface area contributed by atoms with E-state index in [4.69, 9.17) is 18.6 Å². The second-order valence-electron chi connectivity index (χ2n) is 9.20. The maximum Gasteiger partial charge on any atom is 0.412 e. The SMILES string of the molecule is COC(=O)C[C@H]1OCN(C(=O)OC(C)(C)C)[C@@H]1CO[Si](C)(C)C(C)(C)C. The van der Waals surface area contributed by atoms with Gasteiger partial charge in [0.25, 0.3) is 0 Å². The van der Waals surface area contributed by atoms with E-state index in [0.717, 1.165) is 0 Å². The van der Waals surface area contributed by atoms with Gasteiger partial charge in [-0.25, -0.2) is 4.79 Å². The molecule has 1 fully saturated rings. The summed E-state index contributed by atoms with van der Waals surface area (Å²) in [6.45, 7) is 16.6. The first-order valence-corrected chi connectivity index (χ1v) is 11.9. The van der Waals surface area contributed by atoms with Crippen LogP contribution in [0, 0.1) is 0 Å². The molecule has 1 rings (SSSR count). The van der Waals surface area contributed by atoms with Crippen molar-refractivity contribution in [1.82, 2.24) is 4.90 Å². The van der Waals surface area contributed by atoms with Crippen LogP contribution in [0.15, 0.2) is 0 Å². The summed E-state index contributed by atoms with van der Waals surface area (Å²) in [5.41, 5.74) is -0.609. The highest BCUT2D eigenvalue weighted by Crippen LogP contribution is 2.37. The highest BCUT2D eigenvalue weighted by Gasteiger charge is 2.44. The van der Waals surface area contributed by atoms with E-state index in [1.807, 2.05) is 20.8 Å². The largest absolute Gasteiger partial charge is 0.469 e. The van der Waals surface area contributed by atoms with Gasteiger partial charge in [-0.1, -0.05) is 20.8 Å². The van der Waals surface area contributed by atoms with Gasteiger partial charge in [-0.2, -0.15) is 0 Å². The summed E-state index contributed by atoms with van der Waals surface area (Å²) in [5.74, 6) is -0.377. The number of hydrogen-bond donors (Lipinski definition) is 0. The van der Waals surface area contributed by atoms with E-state index in [9.17, 15) is 9.59 Å². The van der Waals surface area contributed by atoms with Crippen molar-refractivity contribution in [2.24, 2.45) is 0 Å². The fourth-order valence-electron chi connectivity index (χ4n) is 2.24. The molecule has 152 valence electrons. The Morgan fingerprint density at radius 3 is 2.19 bits per heavy atom. The van der Waals surface area contributed by atoms with Gasteiger partial charge in [-0.05, 0) is 38.9 Å². The molecular weight excluding hydrogens is 354 g/mol. The summed E-state index contributed by atoms with van der Waals surface area (Å²) in [7, 11) is -0.675. The van der Waals surface area contributed by atoms with Crippen LogP contribution in [-0.4, -0.2) is 63.5 Å². The topological polar surface area (TPSA) is 74.3 Å². The Kier molecular flexibility index (Phi) is 7.29. The fourth-order valence-corrected chi connectivity index (χ4v) is 3.26. The standard InChI is InChI=1S/C18H35NO6Si/c1-17(2,3)25-16(21)19-12-23-14(10-15(20)22-7)13(19)11-24-26(8,9)18(4,5)6/h13-14H,10-12H2,1-9H3/t13-,14-/m1/s1. The molecule has 0 spiro atoms. The minimum atomic E-state index is -2.01. The molecular formula is C18H35NO6Si. The van der Waals surface area contributed by atoms with Crippen LogP contribution in [-0.2, 0) is 23.4 Å². The van der Waals surface area contributed by atoms with Crippen molar-refractivity contribution in [3.63, 3.8) is 0 Å². The van der Waals surface area contributed by atoms with Gasteiger partial charge in [0.1, 0.15) is 12.3 Å². The molecule has 0 bridgehead atoms. The van der Waals surface area contributed by atoms with Gasteiger partial charge in [0.15, 0.2) is 8.32 Å². The number of methoxy groups -OCH3 is 1. The van der Waals surface area contributed by atoms with Gasteiger partial charge in [-0.15, -0.1) is 0 Å². The lowest BCUT2D eigenvalue weighted by Crippen LogP contribution is -2.49. The van der Waals surface area contributed by atoms with Crippen LogP contribution < -0.4 is 0 Å². The molecule has 0 aliphatic carbocycles. The molecule has 0 aromatic carbocycles. The summed E-state index contributed by atoms with van der Waals surface area (Å²) >= 11 is 0. The van der Waals surface area contributed by atoms with Crippen molar-refractivity contribution in [3.8, 4) is 0 Å². The zero-order valence-electron chi connectivity index (χ0n) is 17.7. The Morgan fingerprint density at radius 2 is 1.73 bits per heavy atom. The quantitative estimate of drug-likeness (QED) is 0.529. The molecule has 0 unspecified atom stereocenters. The van der Waals surface area contributed by atoms with Crippen LogP contribution in [0.1, 0.15) is 48.0 Å². The van der Waals surface area contributed by atoms with E-state index in [1.165, 1.54) is 12.0 Å². The third-order valence-electron chi connectivity index (χ3n) is 4.90. The van der Waals surface area contributed by atoms with Crippen molar-refractivity contribution >= 4 is 20.4 Å². The maximum atomic E-state index is 12.6. The summed E-state index contributed by atoms with van der Waals surface area (Å²) in [6.07, 6.45) is -0.866. The number of rotatable bonds is 5. The Balaban J connectivity index is 2.93. The molecule has 0 radical (unpaired) electrons. The summed E-state index contributed by atoms with van der Waals surface area (Å²) in [6, 6.07) is -0.391. The van der Waals surface area contributed by atoms with Crippen LogP contribution in [0.3, 0.4) is 0 Å². The van der Waals surface area contributed by atoms with Gasteiger partial charge in [0.05, 0.1) is 32.3 Å². The zero-order chi connectivity index (χ0) is 20.3. The second kappa shape index (κ2) is 8.27. The number of amides is 1. The number of hydrogen-bond acceptors (Lipinski definition) is 6. The van der Waals surface area contributed by atoms with E-state index in [-0.39, 0.29) is 24.2 Å². The minimum absolute atomic E-state index is 0.0427. The first-order valence-electron chi connectivity index (χ1n) is 9.00. The van der Waals surface area contributed by atoms with Crippen LogP contribution in [0.4, 0.5) is 4.79 Å². The Labute approximate surface area is 158 Å². The minimum Gasteiger partial charge on any atom is -0.469 e. The average Bonchev–Trinajstić information content (AvgIpc) is 2.84. The first-order chi connectivity index (χ1) is 11.7. The lowest BCUT2D eigenvalue weighted by molar-refractivity contribution is -0.143.